The quantitative estimate of drug-likeness (QED) is 0.830. The number of nitrogens with one attached hydrogen (secondary N) is 1. The van der Waals surface area contributed by atoms with Crippen LogP contribution in [0.25, 0.3) is 0 Å². The van der Waals surface area contributed by atoms with E-state index in [1.807, 2.05) is 0 Å². The fraction of sp³-hybridized carbons (Fsp3) is 0.357. The summed E-state index contributed by atoms with van der Waals surface area (Å²) in [5.41, 5.74) is -0.472. The van der Waals surface area contributed by atoms with Crippen LogP contribution in [0.15, 0.2) is 18.9 Å². The molecule has 0 aliphatic heterocycles. The summed E-state index contributed by atoms with van der Waals surface area (Å²) in [6.45, 7) is 8.64. The van der Waals surface area contributed by atoms with Crippen LogP contribution in [0, 0.1) is 0 Å². The first-order valence-corrected chi connectivity index (χ1v) is 6.55. The van der Waals surface area contributed by atoms with Crippen molar-refractivity contribution in [2.24, 2.45) is 0 Å². The Morgan fingerprint density at radius 3 is 2.62 bits per heavy atom. The summed E-state index contributed by atoms with van der Waals surface area (Å²) in [6, 6.07) is 0. The first-order chi connectivity index (χ1) is 9.65. The van der Waals surface area contributed by atoms with E-state index in [1.54, 1.807) is 26.8 Å². The van der Waals surface area contributed by atoms with Crippen LogP contribution in [0.4, 0.5) is 10.6 Å². The summed E-state index contributed by atoms with van der Waals surface area (Å²) in [5, 5.41) is 11.6. The van der Waals surface area contributed by atoms with Crippen LogP contribution in [0.3, 0.4) is 0 Å². The number of amides is 1. The van der Waals surface area contributed by atoms with Gasteiger partial charge in [0.2, 0.25) is 0 Å². The SMILES string of the molecule is C=CCc1cnc(NC(=O)OC(C)(C)C)c(C(=O)O)c1Cl. The van der Waals surface area contributed by atoms with Gasteiger partial charge in [-0.05, 0) is 32.8 Å². The maximum atomic E-state index is 11.7. The van der Waals surface area contributed by atoms with Crippen LogP contribution in [-0.4, -0.2) is 27.8 Å². The molecule has 6 nitrogen and oxygen atoms in total. The Labute approximate surface area is 127 Å². The molecule has 0 bridgehead atoms. The molecular weight excluding hydrogens is 296 g/mol. The number of hydrogen-bond acceptors (Lipinski definition) is 4. The molecule has 1 aromatic rings. The van der Waals surface area contributed by atoms with Crippen LogP contribution in [-0.2, 0) is 11.2 Å². The Kier molecular flexibility index (Phi) is 5.32. The molecule has 0 atom stereocenters. The summed E-state index contributed by atoms with van der Waals surface area (Å²) in [4.78, 5) is 26.9. The Balaban J connectivity index is 3.13. The lowest BCUT2D eigenvalue weighted by Gasteiger charge is -2.20. The monoisotopic (exact) mass is 312 g/mol. The van der Waals surface area contributed by atoms with Crippen molar-refractivity contribution < 1.29 is 19.4 Å². The third kappa shape index (κ3) is 4.75. The van der Waals surface area contributed by atoms with Crippen molar-refractivity contribution >= 4 is 29.5 Å². The summed E-state index contributed by atoms with van der Waals surface area (Å²) in [5.74, 6) is -1.45. The molecule has 0 fully saturated rings. The van der Waals surface area contributed by atoms with Crippen molar-refractivity contribution in [2.75, 3.05) is 5.32 Å². The number of rotatable bonds is 4. The van der Waals surface area contributed by atoms with Crippen molar-refractivity contribution in [3.05, 3.63) is 35.0 Å². The van der Waals surface area contributed by atoms with Crippen molar-refractivity contribution in [3.8, 4) is 0 Å². The van der Waals surface area contributed by atoms with E-state index in [9.17, 15) is 14.7 Å². The minimum absolute atomic E-state index is 0.0171. The lowest BCUT2D eigenvalue weighted by molar-refractivity contribution is 0.0635. The Hall–Kier alpha value is -2.08. The molecule has 2 N–H and O–H groups in total. The van der Waals surface area contributed by atoms with Crippen molar-refractivity contribution in [3.63, 3.8) is 0 Å². The van der Waals surface area contributed by atoms with E-state index >= 15 is 0 Å². The number of allylic oxidation sites excluding steroid dienone is 1. The van der Waals surface area contributed by atoms with Gasteiger partial charge in [0, 0.05) is 6.20 Å². The smallest absolute Gasteiger partial charge is 0.413 e. The molecule has 7 heteroatoms. The molecule has 0 saturated heterocycles. The fourth-order valence-corrected chi connectivity index (χ4v) is 1.81. The van der Waals surface area contributed by atoms with Gasteiger partial charge in [0.05, 0.1) is 5.02 Å². The van der Waals surface area contributed by atoms with Crippen molar-refractivity contribution in [1.29, 1.82) is 0 Å². The lowest BCUT2D eigenvalue weighted by atomic mass is 10.1. The molecule has 114 valence electrons. The number of hydrogen-bond donors (Lipinski definition) is 2. The zero-order chi connectivity index (χ0) is 16.2. The molecule has 0 spiro atoms. The number of aromatic nitrogens is 1. The minimum atomic E-state index is -1.29. The molecule has 0 unspecified atom stereocenters. The maximum Gasteiger partial charge on any atom is 0.413 e. The topological polar surface area (TPSA) is 88.5 Å². The summed E-state index contributed by atoms with van der Waals surface area (Å²) in [7, 11) is 0. The number of carbonyl (C=O) groups is 2. The van der Waals surface area contributed by atoms with E-state index < -0.39 is 17.7 Å². The molecule has 1 amide bonds. The van der Waals surface area contributed by atoms with Gasteiger partial charge < -0.3 is 9.84 Å². The summed E-state index contributed by atoms with van der Waals surface area (Å²) in [6.07, 6.45) is 2.54. The third-order valence-electron chi connectivity index (χ3n) is 2.29. The van der Waals surface area contributed by atoms with Gasteiger partial charge in [-0.25, -0.2) is 14.6 Å². The minimum Gasteiger partial charge on any atom is -0.478 e. The van der Waals surface area contributed by atoms with Crippen LogP contribution >= 0.6 is 11.6 Å². The zero-order valence-corrected chi connectivity index (χ0v) is 12.8. The van der Waals surface area contributed by atoms with Gasteiger partial charge in [-0.2, -0.15) is 0 Å². The molecular formula is C14H17ClN2O4. The van der Waals surface area contributed by atoms with Crippen LogP contribution in [0.1, 0.15) is 36.7 Å². The number of carbonyl (C=O) groups excluding carboxylic acids is 1. The molecule has 0 aliphatic carbocycles. The first kappa shape index (κ1) is 17.0. The van der Waals surface area contributed by atoms with E-state index in [0.717, 1.165) is 0 Å². The van der Waals surface area contributed by atoms with Gasteiger partial charge in [-0.3, -0.25) is 5.32 Å². The molecule has 0 aliphatic rings. The van der Waals surface area contributed by atoms with E-state index in [2.05, 4.69) is 16.9 Å². The van der Waals surface area contributed by atoms with E-state index in [1.165, 1.54) is 6.20 Å². The highest BCUT2D eigenvalue weighted by Crippen LogP contribution is 2.27. The lowest BCUT2D eigenvalue weighted by Crippen LogP contribution is -2.28. The number of ether oxygens (including phenoxy) is 1. The van der Waals surface area contributed by atoms with Crippen LogP contribution in [0.2, 0.25) is 5.02 Å². The van der Waals surface area contributed by atoms with Gasteiger partial charge in [0.1, 0.15) is 11.2 Å². The summed E-state index contributed by atoms with van der Waals surface area (Å²) >= 11 is 6.04. The predicted octanol–water partition coefficient (Wildman–Crippen LogP) is 3.51. The van der Waals surface area contributed by atoms with Gasteiger partial charge in [-0.1, -0.05) is 17.7 Å². The molecule has 0 saturated carbocycles. The Morgan fingerprint density at radius 2 is 2.14 bits per heavy atom. The number of nitrogens with zero attached hydrogens (tertiary/aromatic N) is 1. The highest BCUT2D eigenvalue weighted by atomic mass is 35.5. The highest BCUT2D eigenvalue weighted by molar-refractivity contribution is 6.35. The number of aromatic carboxylic acids is 1. The first-order valence-electron chi connectivity index (χ1n) is 6.17. The number of halogens is 1. The number of pyridine rings is 1. The number of anilines is 1. The Bertz CT molecular complexity index is 579. The second-order valence-corrected chi connectivity index (χ2v) is 5.62. The normalized spacial score (nSPS) is 10.9. The van der Waals surface area contributed by atoms with Gasteiger partial charge in [-0.15, -0.1) is 6.58 Å². The fourth-order valence-electron chi connectivity index (χ4n) is 1.52. The van der Waals surface area contributed by atoms with Crippen LogP contribution in [0.5, 0.6) is 0 Å². The maximum absolute atomic E-state index is 11.7. The van der Waals surface area contributed by atoms with E-state index in [-0.39, 0.29) is 16.4 Å². The molecule has 1 rings (SSSR count). The molecule has 0 radical (unpaired) electrons. The van der Waals surface area contributed by atoms with Crippen LogP contribution < -0.4 is 5.32 Å². The highest BCUT2D eigenvalue weighted by Gasteiger charge is 2.23. The average molecular weight is 313 g/mol. The average Bonchev–Trinajstić information content (AvgIpc) is 2.29. The molecule has 0 aromatic carbocycles. The predicted molar refractivity (Wildman–Crippen MR) is 80.0 cm³/mol. The number of carboxylic acid groups (broad SMARTS) is 1. The molecule has 21 heavy (non-hydrogen) atoms. The summed E-state index contributed by atoms with van der Waals surface area (Å²) < 4.78 is 5.05. The second kappa shape index (κ2) is 6.58. The largest absolute Gasteiger partial charge is 0.478 e. The molecule has 1 aromatic heterocycles. The zero-order valence-electron chi connectivity index (χ0n) is 12.1. The Morgan fingerprint density at radius 1 is 1.52 bits per heavy atom. The van der Waals surface area contributed by atoms with Gasteiger partial charge >= 0.3 is 12.1 Å². The van der Waals surface area contributed by atoms with Gasteiger partial charge in [0.25, 0.3) is 0 Å². The third-order valence-corrected chi connectivity index (χ3v) is 2.72. The second-order valence-electron chi connectivity index (χ2n) is 5.25. The molecule has 1 heterocycles. The van der Waals surface area contributed by atoms with Gasteiger partial charge in [0.15, 0.2) is 5.82 Å². The van der Waals surface area contributed by atoms with E-state index in [4.69, 9.17) is 16.3 Å². The van der Waals surface area contributed by atoms with Crippen molar-refractivity contribution in [2.45, 2.75) is 32.8 Å². The van der Waals surface area contributed by atoms with E-state index in [0.29, 0.717) is 12.0 Å². The van der Waals surface area contributed by atoms with Crippen molar-refractivity contribution in [1.82, 2.24) is 4.98 Å². The number of carboxylic acids is 1. The standard InChI is InChI=1S/C14H17ClN2O4/c1-5-6-8-7-16-11(9(10(8)15)12(18)19)17-13(20)21-14(2,3)4/h5,7H,1,6H2,2-4H3,(H,18,19)(H,16,17,20).